The maximum absolute atomic E-state index is 13.1. The summed E-state index contributed by atoms with van der Waals surface area (Å²) in [6.07, 6.45) is 12.4. The molecule has 4 aliphatic carbocycles. The number of hydrogen-bond acceptors (Lipinski definition) is 2. The second-order valence-corrected chi connectivity index (χ2v) is 11.1. The van der Waals surface area contributed by atoms with Gasteiger partial charge in [0.05, 0.1) is 0 Å². The van der Waals surface area contributed by atoms with Crippen LogP contribution in [0.2, 0.25) is 0 Å². The summed E-state index contributed by atoms with van der Waals surface area (Å²) in [5.74, 6) is 3.52. The molecule has 0 spiro atoms. The molecule has 1 N–H and O–H groups in total. The van der Waals surface area contributed by atoms with Gasteiger partial charge in [0.2, 0.25) is 11.8 Å². The van der Waals surface area contributed by atoms with Crippen molar-refractivity contribution in [2.24, 2.45) is 29.1 Å². The summed E-state index contributed by atoms with van der Waals surface area (Å²) in [6.45, 7) is 2.26. The van der Waals surface area contributed by atoms with E-state index in [0.29, 0.717) is 13.0 Å². The monoisotopic (exact) mass is 422 g/mol. The van der Waals surface area contributed by atoms with Crippen LogP contribution < -0.4 is 5.32 Å². The Kier molecular flexibility index (Phi) is 6.08. The van der Waals surface area contributed by atoms with Crippen molar-refractivity contribution in [3.8, 4) is 0 Å². The highest BCUT2D eigenvalue weighted by Crippen LogP contribution is 2.60. The number of benzene rings is 1. The smallest absolute Gasteiger partial charge is 0.226 e. The number of hydrogen-bond donors (Lipinski definition) is 1. The number of carbonyl (C=O) groups is 2. The van der Waals surface area contributed by atoms with Gasteiger partial charge >= 0.3 is 0 Å². The van der Waals surface area contributed by atoms with E-state index in [9.17, 15) is 9.59 Å². The summed E-state index contributed by atoms with van der Waals surface area (Å²) in [5.41, 5.74) is 1.31. The molecule has 0 unspecified atom stereocenters. The van der Waals surface area contributed by atoms with E-state index in [4.69, 9.17) is 0 Å². The Labute approximate surface area is 187 Å². The summed E-state index contributed by atoms with van der Waals surface area (Å²) in [7, 11) is 0. The third-order valence-corrected chi connectivity index (χ3v) is 8.80. The van der Waals surface area contributed by atoms with E-state index in [-0.39, 0.29) is 17.2 Å². The zero-order valence-corrected chi connectivity index (χ0v) is 18.9. The molecule has 1 aromatic carbocycles. The van der Waals surface area contributed by atoms with Crippen molar-refractivity contribution in [2.45, 2.75) is 70.6 Å². The molecule has 5 aliphatic rings. The lowest BCUT2D eigenvalue weighted by Gasteiger charge is -2.55. The third kappa shape index (κ3) is 4.68. The first-order chi connectivity index (χ1) is 15.1. The third-order valence-electron chi connectivity index (χ3n) is 8.80. The highest BCUT2D eigenvalue weighted by Gasteiger charge is 2.54. The summed E-state index contributed by atoms with van der Waals surface area (Å²) < 4.78 is 0. The zero-order valence-electron chi connectivity index (χ0n) is 18.9. The molecule has 2 amide bonds. The summed E-state index contributed by atoms with van der Waals surface area (Å²) in [6, 6.07) is 10.7. The van der Waals surface area contributed by atoms with Crippen LogP contribution in [0.5, 0.6) is 0 Å². The predicted molar refractivity (Wildman–Crippen MR) is 122 cm³/mol. The van der Waals surface area contributed by atoms with Gasteiger partial charge < -0.3 is 10.2 Å². The molecule has 0 atom stereocenters. The molecule has 31 heavy (non-hydrogen) atoms. The average Bonchev–Trinajstić information content (AvgIpc) is 2.77. The fourth-order valence-electron chi connectivity index (χ4n) is 7.50. The normalized spacial score (nSPS) is 32.3. The van der Waals surface area contributed by atoms with Crippen molar-refractivity contribution < 1.29 is 9.59 Å². The molecule has 4 bridgehead atoms. The minimum atomic E-state index is -0.102. The lowest BCUT2D eigenvalue weighted by Crippen LogP contribution is -2.54. The highest BCUT2D eigenvalue weighted by atomic mass is 16.2. The molecule has 5 fully saturated rings. The highest BCUT2D eigenvalue weighted by molar-refractivity contribution is 5.84. The van der Waals surface area contributed by atoms with Crippen LogP contribution >= 0.6 is 0 Å². The van der Waals surface area contributed by atoms with Gasteiger partial charge in [0, 0.05) is 31.5 Å². The maximum atomic E-state index is 13.1. The Morgan fingerprint density at radius 1 is 0.935 bits per heavy atom. The second-order valence-electron chi connectivity index (χ2n) is 11.1. The van der Waals surface area contributed by atoms with Crippen LogP contribution in [0.3, 0.4) is 0 Å². The van der Waals surface area contributed by atoms with Gasteiger partial charge in [-0.25, -0.2) is 0 Å². The summed E-state index contributed by atoms with van der Waals surface area (Å²) in [4.78, 5) is 27.8. The predicted octanol–water partition coefficient (Wildman–Crippen LogP) is 4.58. The summed E-state index contributed by atoms with van der Waals surface area (Å²) in [5, 5.41) is 3.17. The van der Waals surface area contributed by atoms with Crippen molar-refractivity contribution in [3.05, 3.63) is 35.9 Å². The molecule has 0 radical (unpaired) electrons. The van der Waals surface area contributed by atoms with Crippen molar-refractivity contribution in [1.29, 1.82) is 0 Å². The Morgan fingerprint density at radius 2 is 1.55 bits per heavy atom. The molecule has 6 rings (SSSR count). The van der Waals surface area contributed by atoms with Gasteiger partial charge in [-0.3, -0.25) is 9.59 Å². The standard InChI is InChI=1S/C27H38N2O2/c30-25(29-12-9-21(10-13-29)7-6-20-4-2-1-3-5-20)8-11-28-26(31)27-17-22-14-23(18-27)16-24(15-22)19-27/h1-5,21-24H,6-19H2,(H,28,31). The molecule has 168 valence electrons. The van der Waals surface area contributed by atoms with E-state index in [1.54, 1.807) is 0 Å². The number of aryl methyl sites for hydroxylation is 1. The minimum absolute atomic E-state index is 0.102. The fourth-order valence-corrected chi connectivity index (χ4v) is 7.50. The molecule has 1 aliphatic heterocycles. The van der Waals surface area contributed by atoms with Crippen LogP contribution in [-0.4, -0.2) is 36.3 Å². The van der Waals surface area contributed by atoms with E-state index in [1.165, 1.54) is 31.2 Å². The van der Waals surface area contributed by atoms with Gasteiger partial charge in [-0.1, -0.05) is 30.3 Å². The number of rotatable bonds is 7. The molecule has 4 saturated carbocycles. The lowest BCUT2D eigenvalue weighted by molar-refractivity contribution is -0.146. The number of nitrogens with one attached hydrogen (secondary N) is 1. The zero-order chi connectivity index (χ0) is 21.3. The minimum Gasteiger partial charge on any atom is -0.355 e. The van der Waals surface area contributed by atoms with Crippen LogP contribution in [-0.2, 0) is 16.0 Å². The molecule has 4 nitrogen and oxygen atoms in total. The fraction of sp³-hybridized carbons (Fsp3) is 0.704. The molecule has 1 saturated heterocycles. The Hall–Kier alpha value is -1.84. The number of amides is 2. The van der Waals surface area contributed by atoms with Crippen LogP contribution in [0, 0.1) is 29.1 Å². The topological polar surface area (TPSA) is 49.4 Å². The first-order valence-corrected chi connectivity index (χ1v) is 12.7. The van der Waals surface area contributed by atoms with Crippen molar-refractivity contribution in [1.82, 2.24) is 10.2 Å². The maximum Gasteiger partial charge on any atom is 0.226 e. The van der Waals surface area contributed by atoms with Gasteiger partial charge in [-0.05, 0) is 93.4 Å². The van der Waals surface area contributed by atoms with E-state index in [0.717, 1.165) is 75.3 Å². The van der Waals surface area contributed by atoms with Crippen LogP contribution in [0.15, 0.2) is 30.3 Å². The molecule has 4 heteroatoms. The van der Waals surface area contributed by atoms with E-state index >= 15 is 0 Å². The van der Waals surface area contributed by atoms with Crippen LogP contribution in [0.25, 0.3) is 0 Å². The summed E-state index contributed by atoms with van der Waals surface area (Å²) >= 11 is 0. The van der Waals surface area contributed by atoms with Gasteiger partial charge in [-0.15, -0.1) is 0 Å². The van der Waals surface area contributed by atoms with Crippen molar-refractivity contribution >= 4 is 11.8 Å². The quantitative estimate of drug-likeness (QED) is 0.699. The van der Waals surface area contributed by atoms with Crippen molar-refractivity contribution in [3.63, 3.8) is 0 Å². The molecule has 1 heterocycles. The Bertz CT molecular complexity index is 746. The SMILES string of the molecule is O=C(CCNC(=O)C12CC3CC(CC(C3)C1)C2)N1CCC(CCc2ccccc2)CC1. The Morgan fingerprint density at radius 3 is 2.16 bits per heavy atom. The Balaban J connectivity index is 1.02. The van der Waals surface area contributed by atoms with Crippen LogP contribution in [0.1, 0.15) is 69.8 Å². The number of likely N-dealkylation sites (tertiary alicyclic amines) is 1. The first kappa shape index (κ1) is 21.0. The van der Waals surface area contributed by atoms with Gasteiger partial charge in [0.1, 0.15) is 0 Å². The lowest BCUT2D eigenvalue weighted by atomic mass is 9.49. The van der Waals surface area contributed by atoms with E-state index in [1.807, 2.05) is 4.90 Å². The first-order valence-electron chi connectivity index (χ1n) is 12.7. The number of nitrogens with zero attached hydrogens (tertiary/aromatic N) is 1. The van der Waals surface area contributed by atoms with E-state index in [2.05, 4.69) is 35.6 Å². The van der Waals surface area contributed by atoms with Gasteiger partial charge in [0.25, 0.3) is 0 Å². The number of carbonyl (C=O) groups excluding carboxylic acids is 2. The number of piperidine rings is 1. The molecular formula is C27H38N2O2. The average molecular weight is 423 g/mol. The van der Waals surface area contributed by atoms with Gasteiger partial charge in [-0.2, -0.15) is 0 Å². The molecule has 0 aromatic heterocycles. The molecule has 1 aromatic rings. The van der Waals surface area contributed by atoms with Gasteiger partial charge in [0.15, 0.2) is 0 Å². The van der Waals surface area contributed by atoms with Crippen molar-refractivity contribution in [2.75, 3.05) is 19.6 Å². The van der Waals surface area contributed by atoms with E-state index < -0.39 is 0 Å². The largest absolute Gasteiger partial charge is 0.355 e. The molecular weight excluding hydrogens is 384 g/mol. The van der Waals surface area contributed by atoms with Crippen LogP contribution in [0.4, 0.5) is 0 Å². The second kappa shape index (κ2) is 8.96.